The molecule has 0 spiro atoms. The van der Waals surface area contributed by atoms with E-state index in [0.717, 1.165) is 40.9 Å². The third-order valence-corrected chi connectivity index (χ3v) is 5.47. The molecule has 2 aromatic heterocycles. The van der Waals surface area contributed by atoms with E-state index in [1.54, 1.807) is 0 Å². The van der Waals surface area contributed by atoms with Crippen LogP contribution in [0.2, 0.25) is 0 Å². The summed E-state index contributed by atoms with van der Waals surface area (Å²) in [7, 11) is 1.82. The molecule has 9 nitrogen and oxygen atoms in total. The standard InChI is InChI=1S/C23H31N7O2/c1-3-7-26-22-19-5-4-18(13-20(19)27-23(24-2)28-22)30-8-6-17(16-30)14-25-15-21(31)29-9-11-32-12-10-29/h4-6,8,13,16,25H,3,7,9-12,14-15H2,1-2H3,(H2,24,26,27,28). The Bertz CT molecular complexity index is 1060. The zero-order chi connectivity index (χ0) is 22.3. The Morgan fingerprint density at radius 2 is 2.03 bits per heavy atom. The third-order valence-electron chi connectivity index (χ3n) is 5.47. The molecule has 1 fully saturated rings. The molecule has 1 aliphatic heterocycles. The summed E-state index contributed by atoms with van der Waals surface area (Å²) in [6.07, 6.45) is 5.12. The van der Waals surface area contributed by atoms with Gasteiger partial charge in [0.1, 0.15) is 5.82 Å². The predicted molar refractivity (Wildman–Crippen MR) is 126 cm³/mol. The number of morpholine rings is 1. The van der Waals surface area contributed by atoms with Crippen molar-refractivity contribution in [2.75, 3.05) is 57.1 Å². The lowest BCUT2D eigenvalue weighted by Crippen LogP contribution is -2.44. The number of carbonyl (C=O) groups is 1. The zero-order valence-corrected chi connectivity index (χ0v) is 18.7. The van der Waals surface area contributed by atoms with Crippen molar-refractivity contribution in [2.24, 2.45) is 0 Å². The summed E-state index contributed by atoms with van der Waals surface area (Å²) < 4.78 is 7.37. The Kier molecular flexibility index (Phi) is 7.18. The SMILES string of the molecule is CCCNc1nc(NC)nc2cc(-n3ccc(CNCC(=O)N4CCOCC4)c3)ccc12. The maximum absolute atomic E-state index is 12.3. The molecule has 170 valence electrons. The number of nitrogens with one attached hydrogen (secondary N) is 3. The lowest BCUT2D eigenvalue weighted by Gasteiger charge is -2.26. The van der Waals surface area contributed by atoms with E-state index in [4.69, 9.17) is 4.74 Å². The molecule has 3 heterocycles. The quantitative estimate of drug-likeness (QED) is 0.472. The minimum Gasteiger partial charge on any atom is -0.378 e. The minimum atomic E-state index is 0.120. The average Bonchev–Trinajstić information content (AvgIpc) is 3.31. The van der Waals surface area contributed by atoms with E-state index in [1.807, 2.05) is 18.1 Å². The van der Waals surface area contributed by atoms with E-state index >= 15 is 0 Å². The summed E-state index contributed by atoms with van der Waals surface area (Å²) in [5.74, 6) is 1.56. The summed E-state index contributed by atoms with van der Waals surface area (Å²) in [6.45, 7) is 6.55. The van der Waals surface area contributed by atoms with Crippen LogP contribution in [0.4, 0.5) is 11.8 Å². The van der Waals surface area contributed by atoms with Crippen molar-refractivity contribution in [3.8, 4) is 5.69 Å². The molecular weight excluding hydrogens is 406 g/mol. The topological polar surface area (TPSA) is 96.3 Å². The molecule has 1 aliphatic rings. The van der Waals surface area contributed by atoms with Crippen LogP contribution in [0.1, 0.15) is 18.9 Å². The van der Waals surface area contributed by atoms with Crippen LogP contribution in [0.15, 0.2) is 36.7 Å². The molecular formula is C23H31N7O2. The first-order chi connectivity index (χ1) is 15.7. The van der Waals surface area contributed by atoms with Gasteiger partial charge in [0, 0.05) is 56.7 Å². The minimum absolute atomic E-state index is 0.120. The molecule has 0 saturated carbocycles. The Hall–Kier alpha value is -3.17. The molecule has 9 heteroatoms. The van der Waals surface area contributed by atoms with Crippen LogP contribution < -0.4 is 16.0 Å². The summed E-state index contributed by atoms with van der Waals surface area (Å²) in [6, 6.07) is 8.25. The number of hydrogen-bond acceptors (Lipinski definition) is 7. The second-order valence-electron chi connectivity index (χ2n) is 7.80. The number of nitrogens with zero attached hydrogens (tertiary/aromatic N) is 4. The maximum Gasteiger partial charge on any atom is 0.236 e. The van der Waals surface area contributed by atoms with Crippen LogP contribution in [-0.2, 0) is 16.1 Å². The van der Waals surface area contributed by atoms with Crippen molar-refractivity contribution < 1.29 is 9.53 Å². The molecule has 1 aromatic carbocycles. The number of carbonyl (C=O) groups excluding carboxylic acids is 1. The van der Waals surface area contributed by atoms with Gasteiger partial charge in [0.2, 0.25) is 11.9 Å². The molecule has 32 heavy (non-hydrogen) atoms. The second kappa shape index (κ2) is 10.4. The number of aromatic nitrogens is 3. The van der Waals surface area contributed by atoms with Gasteiger partial charge in [-0.05, 0) is 36.2 Å². The highest BCUT2D eigenvalue weighted by molar-refractivity contribution is 5.91. The molecule has 0 atom stereocenters. The number of ether oxygens (including phenoxy) is 1. The van der Waals surface area contributed by atoms with Crippen LogP contribution in [-0.4, -0.2) is 71.8 Å². The number of rotatable bonds is 9. The smallest absolute Gasteiger partial charge is 0.236 e. The molecule has 4 rings (SSSR count). The summed E-state index contributed by atoms with van der Waals surface area (Å²) in [4.78, 5) is 23.3. The van der Waals surface area contributed by atoms with Crippen molar-refractivity contribution >= 4 is 28.6 Å². The molecule has 0 unspecified atom stereocenters. The lowest BCUT2D eigenvalue weighted by molar-refractivity contribution is -0.134. The largest absolute Gasteiger partial charge is 0.378 e. The predicted octanol–water partition coefficient (Wildman–Crippen LogP) is 2.23. The second-order valence-corrected chi connectivity index (χ2v) is 7.80. The number of hydrogen-bond donors (Lipinski definition) is 3. The summed E-state index contributed by atoms with van der Waals surface area (Å²) in [5, 5.41) is 10.7. The monoisotopic (exact) mass is 437 g/mol. The fraction of sp³-hybridized carbons (Fsp3) is 0.435. The average molecular weight is 438 g/mol. The van der Waals surface area contributed by atoms with Crippen LogP contribution in [0.25, 0.3) is 16.6 Å². The van der Waals surface area contributed by atoms with Gasteiger partial charge >= 0.3 is 0 Å². The van der Waals surface area contributed by atoms with Crippen LogP contribution in [0.5, 0.6) is 0 Å². The number of fused-ring (bicyclic) bond motifs is 1. The van der Waals surface area contributed by atoms with Gasteiger partial charge in [0.15, 0.2) is 0 Å². The fourth-order valence-corrected chi connectivity index (χ4v) is 3.71. The molecule has 1 saturated heterocycles. The first kappa shape index (κ1) is 22.0. The summed E-state index contributed by atoms with van der Waals surface area (Å²) >= 11 is 0. The Labute approximate surface area is 188 Å². The van der Waals surface area contributed by atoms with Gasteiger partial charge in [-0.2, -0.15) is 4.98 Å². The van der Waals surface area contributed by atoms with Crippen LogP contribution in [0.3, 0.4) is 0 Å². The Morgan fingerprint density at radius 1 is 1.19 bits per heavy atom. The molecule has 1 amide bonds. The normalized spacial score (nSPS) is 14.0. The van der Waals surface area contributed by atoms with Gasteiger partial charge in [-0.3, -0.25) is 4.79 Å². The van der Waals surface area contributed by atoms with E-state index in [1.165, 1.54) is 0 Å². The molecule has 3 aromatic rings. The van der Waals surface area contributed by atoms with Crippen molar-refractivity contribution in [1.29, 1.82) is 0 Å². The van der Waals surface area contributed by atoms with Gasteiger partial charge in [0.05, 0.1) is 25.3 Å². The number of amides is 1. The van der Waals surface area contributed by atoms with Gasteiger partial charge < -0.3 is 30.2 Å². The van der Waals surface area contributed by atoms with Crippen molar-refractivity contribution in [3.63, 3.8) is 0 Å². The van der Waals surface area contributed by atoms with Crippen LogP contribution in [0, 0.1) is 0 Å². The highest BCUT2D eigenvalue weighted by Gasteiger charge is 2.16. The highest BCUT2D eigenvalue weighted by Crippen LogP contribution is 2.25. The van der Waals surface area contributed by atoms with Gasteiger partial charge in [0.25, 0.3) is 0 Å². The van der Waals surface area contributed by atoms with Crippen molar-refractivity contribution in [3.05, 3.63) is 42.2 Å². The van der Waals surface area contributed by atoms with Crippen molar-refractivity contribution in [2.45, 2.75) is 19.9 Å². The Morgan fingerprint density at radius 3 is 2.81 bits per heavy atom. The first-order valence-corrected chi connectivity index (χ1v) is 11.1. The first-order valence-electron chi connectivity index (χ1n) is 11.1. The number of anilines is 2. The molecule has 0 aliphatic carbocycles. The Balaban J connectivity index is 1.43. The number of benzene rings is 1. The molecule has 3 N–H and O–H groups in total. The lowest BCUT2D eigenvalue weighted by atomic mass is 10.2. The van der Waals surface area contributed by atoms with Gasteiger partial charge in [-0.15, -0.1) is 0 Å². The maximum atomic E-state index is 12.3. The van der Waals surface area contributed by atoms with Gasteiger partial charge in [-0.1, -0.05) is 6.92 Å². The van der Waals surface area contributed by atoms with E-state index in [0.29, 0.717) is 45.3 Å². The highest BCUT2D eigenvalue weighted by atomic mass is 16.5. The fourth-order valence-electron chi connectivity index (χ4n) is 3.71. The molecule has 0 radical (unpaired) electrons. The van der Waals surface area contributed by atoms with Crippen LogP contribution >= 0.6 is 0 Å². The van der Waals surface area contributed by atoms with Gasteiger partial charge in [-0.25, -0.2) is 4.98 Å². The van der Waals surface area contributed by atoms with E-state index < -0.39 is 0 Å². The van der Waals surface area contributed by atoms with E-state index in [-0.39, 0.29) is 5.91 Å². The van der Waals surface area contributed by atoms with Crippen molar-refractivity contribution in [1.82, 2.24) is 24.8 Å². The van der Waals surface area contributed by atoms with E-state index in [2.05, 4.69) is 67.9 Å². The van der Waals surface area contributed by atoms with E-state index in [9.17, 15) is 4.79 Å². The zero-order valence-electron chi connectivity index (χ0n) is 18.7. The molecule has 0 bridgehead atoms. The third kappa shape index (κ3) is 5.17. The summed E-state index contributed by atoms with van der Waals surface area (Å²) in [5.41, 5.74) is 3.02.